The molecule has 6 nitrogen and oxygen atoms in total. The summed E-state index contributed by atoms with van der Waals surface area (Å²) in [6.07, 6.45) is 0.688. The van der Waals surface area contributed by atoms with Crippen molar-refractivity contribution < 1.29 is 24.1 Å². The largest absolute Gasteiger partial charge is 0.497 e. The Balaban J connectivity index is 1.62. The second-order valence-electron chi connectivity index (χ2n) is 7.56. The smallest absolute Gasteiger partial charge is 0.257 e. The van der Waals surface area contributed by atoms with Crippen molar-refractivity contribution in [3.05, 3.63) is 53.6 Å². The van der Waals surface area contributed by atoms with Crippen LogP contribution in [0.3, 0.4) is 0 Å². The molecule has 0 aromatic heterocycles. The van der Waals surface area contributed by atoms with Crippen LogP contribution in [0.25, 0.3) is 0 Å². The van der Waals surface area contributed by atoms with E-state index < -0.39 is 5.41 Å². The number of hydrogen-bond donors (Lipinski definition) is 1. The zero-order valence-corrected chi connectivity index (χ0v) is 16.2. The number of likely N-dealkylation sites (tertiary alicyclic amines) is 1. The van der Waals surface area contributed by atoms with Crippen molar-refractivity contribution in [3.8, 4) is 17.2 Å². The number of fused-ring (bicyclic) bond motifs is 2. The fraction of sp³-hybridized carbons (Fsp3) is 0.409. The lowest BCUT2D eigenvalue weighted by molar-refractivity contribution is 0.0692. The Hall–Kier alpha value is -2.73. The molecule has 2 aliphatic rings. The molecule has 0 saturated carbocycles. The number of amides is 1. The summed E-state index contributed by atoms with van der Waals surface area (Å²) in [7, 11) is 3.12. The third-order valence-corrected chi connectivity index (χ3v) is 6.01. The fourth-order valence-corrected chi connectivity index (χ4v) is 4.36. The monoisotopic (exact) mass is 383 g/mol. The molecule has 2 atom stereocenters. The van der Waals surface area contributed by atoms with E-state index in [9.17, 15) is 9.90 Å². The van der Waals surface area contributed by atoms with Gasteiger partial charge in [-0.25, -0.2) is 0 Å². The first kappa shape index (κ1) is 18.6. The minimum Gasteiger partial charge on any atom is -0.497 e. The predicted molar refractivity (Wildman–Crippen MR) is 104 cm³/mol. The van der Waals surface area contributed by atoms with Crippen LogP contribution in [0.15, 0.2) is 42.5 Å². The minimum atomic E-state index is -0.401. The summed E-state index contributed by atoms with van der Waals surface area (Å²) in [5.41, 5.74) is 1.17. The maximum atomic E-state index is 13.2. The maximum absolute atomic E-state index is 13.2. The van der Waals surface area contributed by atoms with E-state index in [1.165, 1.54) is 0 Å². The highest BCUT2D eigenvalue weighted by Gasteiger charge is 2.49. The Kier molecular flexibility index (Phi) is 4.89. The standard InChI is InChI=1S/C22H25NO5/c1-26-17-7-8-18(20(9-17)27-2)21(25)23-11-16-12-28-19-6-4-3-5-15(19)10-22(16,13-23)14-24/h3-9,16,24H,10-14H2,1-2H3/t16-,22-/m1/s1. The van der Waals surface area contributed by atoms with Crippen LogP contribution >= 0.6 is 0 Å². The molecule has 2 aromatic carbocycles. The molecule has 0 bridgehead atoms. The van der Waals surface area contributed by atoms with E-state index in [2.05, 4.69) is 0 Å². The summed E-state index contributed by atoms with van der Waals surface area (Å²) in [5.74, 6) is 1.96. The van der Waals surface area contributed by atoms with E-state index in [1.54, 1.807) is 32.4 Å². The van der Waals surface area contributed by atoms with Crippen molar-refractivity contribution in [2.45, 2.75) is 6.42 Å². The van der Waals surface area contributed by atoms with Crippen LogP contribution in [-0.2, 0) is 6.42 Å². The number of ether oxygens (including phenoxy) is 3. The summed E-state index contributed by atoms with van der Waals surface area (Å²) in [5, 5.41) is 10.3. The van der Waals surface area contributed by atoms with Gasteiger partial charge in [0.05, 0.1) is 33.0 Å². The molecule has 0 unspecified atom stereocenters. The van der Waals surface area contributed by atoms with E-state index in [0.717, 1.165) is 11.3 Å². The summed E-state index contributed by atoms with van der Waals surface area (Å²) >= 11 is 0. The van der Waals surface area contributed by atoms with Gasteiger partial charge in [-0.3, -0.25) is 4.79 Å². The molecule has 1 amide bonds. The SMILES string of the molecule is COc1ccc(C(=O)N2C[C@@H]3COc4ccccc4C[C@]3(CO)C2)c(OC)c1. The van der Waals surface area contributed by atoms with E-state index in [1.807, 2.05) is 29.2 Å². The van der Waals surface area contributed by atoms with Crippen LogP contribution in [0.4, 0.5) is 0 Å². The van der Waals surface area contributed by atoms with Gasteiger partial charge < -0.3 is 24.2 Å². The molecule has 4 rings (SSSR count). The van der Waals surface area contributed by atoms with Gasteiger partial charge in [0.25, 0.3) is 5.91 Å². The van der Waals surface area contributed by atoms with E-state index >= 15 is 0 Å². The third-order valence-electron chi connectivity index (χ3n) is 6.01. The Morgan fingerprint density at radius 3 is 2.82 bits per heavy atom. The Bertz CT molecular complexity index is 883. The Morgan fingerprint density at radius 2 is 2.07 bits per heavy atom. The Morgan fingerprint density at radius 1 is 1.25 bits per heavy atom. The second kappa shape index (κ2) is 7.36. The first-order chi connectivity index (χ1) is 13.6. The quantitative estimate of drug-likeness (QED) is 0.878. The molecular formula is C22H25NO5. The number of methoxy groups -OCH3 is 2. The Labute approximate surface area is 164 Å². The van der Waals surface area contributed by atoms with Gasteiger partial charge in [-0.05, 0) is 30.2 Å². The van der Waals surface area contributed by atoms with Crippen LogP contribution < -0.4 is 14.2 Å². The number of hydrogen-bond acceptors (Lipinski definition) is 5. The lowest BCUT2D eigenvalue weighted by atomic mass is 9.75. The number of para-hydroxylation sites is 1. The van der Waals surface area contributed by atoms with Gasteiger partial charge in [0, 0.05) is 30.5 Å². The molecule has 6 heteroatoms. The highest BCUT2D eigenvalue weighted by molar-refractivity contribution is 5.97. The van der Waals surface area contributed by atoms with Crippen LogP contribution in [0.5, 0.6) is 17.2 Å². The first-order valence-electron chi connectivity index (χ1n) is 9.43. The molecule has 148 valence electrons. The number of aliphatic hydroxyl groups is 1. The summed E-state index contributed by atoms with van der Waals surface area (Å²) in [4.78, 5) is 15.1. The van der Waals surface area contributed by atoms with Crippen molar-refractivity contribution in [3.63, 3.8) is 0 Å². The lowest BCUT2D eigenvalue weighted by Gasteiger charge is -2.30. The molecule has 2 aromatic rings. The van der Waals surface area contributed by atoms with E-state index in [-0.39, 0.29) is 18.4 Å². The topological polar surface area (TPSA) is 68.2 Å². The molecule has 0 aliphatic carbocycles. The summed E-state index contributed by atoms with van der Waals surface area (Å²) in [6.45, 7) is 1.53. The van der Waals surface area contributed by atoms with Gasteiger partial charge in [0.1, 0.15) is 17.2 Å². The normalized spacial score (nSPS) is 23.2. The fourth-order valence-electron chi connectivity index (χ4n) is 4.36. The van der Waals surface area contributed by atoms with Crippen molar-refractivity contribution in [2.75, 3.05) is 40.5 Å². The molecular weight excluding hydrogens is 358 g/mol. The zero-order valence-electron chi connectivity index (χ0n) is 16.2. The molecule has 1 N–H and O–H groups in total. The molecule has 2 heterocycles. The number of aliphatic hydroxyl groups excluding tert-OH is 1. The molecule has 1 fully saturated rings. The van der Waals surface area contributed by atoms with Crippen molar-refractivity contribution in [1.29, 1.82) is 0 Å². The van der Waals surface area contributed by atoms with Gasteiger partial charge in [-0.2, -0.15) is 0 Å². The molecule has 2 aliphatic heterocycles. The molecule has 28 heavy (non-hydrogen) atoms. The highest BCUT2D eigenvalue weighted by atomic mass is 16.5. The van der Waals surface area contributed by atoms with Crippen molar-refractivity contribution >= 4 is 5.91 Å². The minimum absolute atomic E-state index is 0.0128. The van der Waals surface area contributed by atoms with Crippen LogP contribution in [0, 0.1) is 11.3 Å². The zero-order chi connectivity index (χ0) is 19.7. The number of benzene rings is 2. The lowest BCUT2D eigenvalue weighted by Crippen LogP contribution is -2.38. The maximum Gasteiger partial charge on any atom is 0.257 e. The number of rotatable bonds is 4. The van der Waals surface area contributed by atoms with Gasteiger partial charge in [-0.1, -0.05) is 18.2 Å². The van der Waals surface area contributed by atoms with Crippen LogP contribution in [0.2, 0.25) is 0 Å². The first-order valence-corrected chi connectivity index (χ1v) is 9.43. The van der Waals surface area contributed by atoms with E-state index in [4.69, 9.17) is 14.2 Å². The van der Waals surface area contributed by atoms with Crippen LogP contribution in [0.1, 0.15) is 15.9 Å². The van der Waals surface area contributed by atoms with Gasteiger partial charge in [-0.15, -0.1) is 0 Å². The van der Waals surface area contributed by atoms with Gasteiger partial charge >= 0.3 is 0 Å². The van der Waals surface area contributed by atoms with Crippen molar-refractivity contribution in [1.82, 2.24) is 4.90 Å². The number of nitrogens with zero attached hydrogens (tertiary/aromatic N) is 1. The number of carbonyl (C=O) groups is 1. The van der Waals surface area contributed by atoms with Gasteiger partial charge in [0.2, 0.25) is 0 Å². The predicted octanol–water partition coefficient (Wildman–Crippen LogP) is 2.39. The van der Waals surface area contributed by atoms with Gasteiger partial charge in [0.15, 0.2) is 0 Å². The molecule has 0 spiro atoms. The average molecular weight is 383 g/mol. The second-order valence-corrected chi connectivity index (χ2v) is 7.56. The highest BCUT2D eigenvalue weighted by Crippen LogP contribution is 2.44. The molecule has 0 radical (unpaired) electrons. The number of carbonyl (C=O) groups excluding carboxylic acids is 1. The van der Waals surface area contributed by atoms with E-state index in [0.29, 0.717) is 43.2 Å². The van der Waals surface area contributed by atoms with Crippen molar-refractivity contribution in [2.24, 2.45) is 11.3 Å². The third kappa shape index (κ3) is 3.07. The molecule has 1 saturated heterocycles. The average Bonchev–Trinajstić information content (AvgIpc) is 3.03. The summed E-state index contributed by atoms with van der Waals surface area (Å²) in [6, 6.07) is 13.1. The van der Waals surface area contributed by atoms with Crippen LogP contribution in [-0.4, -0.2) is 56.4 Å². The summed E-state index contributed by atoms with van der Waals surface area (Å²) < 4.78 is 16.6.